The quantitative estimate of drug-likeness (QED) is 0.818. The first-order valence-electron chi connectivity index (χ1n) is 8.34. The molecule has 0 radical (unpaired) electrons. The third-order valence-electron chi connectivity index (χ3n) is 4.16. The van der Waals surface area contributed by atoms with Crippen molar-refractivity contribution in [3.8, 4) is 0 Å². The Morgan fingerprint density at radius 1 is 1.33 bits per heavy atom. The first-order valence-corrected chi connectivity index (χ1v) is 8.34. The number of aliphatic hydroxyl groups excluding tert-OH is 1. The molecule has 4 nitrogen and oxygen atoms in total. The van der Waals surface area contributed by atoms with Crippen molar-refractivity contribution in [2.45, 2.75) is 66.5 Å². The van der Waals surface area contributed by atoms with Gasteiger partial charge in [0.25, 0.3) is 0 Å². The second-order valence-corrected chi connectivity index (χ2v) is 8.00. The summed E-state index contributed by atoms with van der Waals surface area (Å²) in [7, 11) is 0. The van der Waals surface area contributed by atoms with Crippen LogP contribution in [0.2, 0.25) is 0 Å². The zero-order chi connectivity index (χ0) is 16.2. The van der Waals surface area contributed by atoms with Crippen LogP contribution in [0, 0.1) is 17.3 Å². The molecule has 1 amide bonds. The maximum atomic E-state index is 12.2. The summed E-state index contributed by atoms with van der Waals surface area (Å²) in [5.74, 6) is 0.956. The molecule has 1 aliphatic rings. The lowest BCUT2D eigenvalue weighted by Gasteiger charge is -2.41. The van der Waals surface area contributed by atoms with Gasteiger partial charge in [-0.25, -0.2) is 0 Å². The van der Waals surface area contributed by atoms with Gasteiger partial charge in [-0.05, 0) is 24.7 Å². The molecule has 0 aromatic rings. The van der Waals surface area contributed by atoms with Crippen molar-refractivity contribution in [1.29, 1.82) is 0 Å². The van der Waals surface area contributed by atoms with Crippen LogP contribution in [0.5, 0.6) is 0 Å². The van der Waals surface area contributed by atoms with Gasteiger partial charge >= 0.3 is 0 Å². The Labute approximate surface area is 130 Å². The van der Waals surface area contributed by atoms with Crippen molar-refractivity contribution < 1.29 is 9.90 Å². The third-order valence-corrected chi connectivity index (χ3v) is 4.16. The summed E-state index contributed by atoms with van der Waals surface area (Å²) in [5, 5.41) is 13.4. The minimum absolute atomic E-state index is 0.101. The highest BCUT2D eigenvalue weighted by Crippen LogP contribution is 2.24. The van der Waals surface area contributed by atoms with Crippen molar-refractivity contribution in [3.63, 3.8) is 0 Å². The molecule has 3 atom stereocenters. The number of nitrogens with zero attached hydrogens (tertiary/aromatic N) is 1. The van der Waals surface area contributed by atoms with Gasteiger partial charge in [-0.3, -0.25) is 4.79 Å². The number of nitrogens with one attached hydrogen (secondary N) is 1. The van der Waals surface area contributed by atoms with Gasteiger partial charge in [-0.2, -0.15) is 0 Å². The number of likely N-dealkylation sites (tertiary alicyclic amines) is 1. The van der Waals surface area contributed by atoms with E-state index < -0.39 is 0 Å². The summed E-state index contributed by atoms with van der Waals surface area (Å²) in [6.07, 6.45) is 1.39. The fourth-order valence-corrected chi connectivity index (χ4v) is 3.02. The molecule has 1 heterocycles. The number of aliphatic hydroxyl groups is 1. The van der Waals surface area contributed by atoms with Crippen LogP contribution in [-0.4, -0.2) is 47.7 Å². The van der Waals surface area contributed by atoms with Crippen LogP contribution in [0.25, 0.3) is 0 Å². The van der Waals surface area contributed by atoms with Crippen LogP contribution in [0.1, 0.15) is 54.4 Å². The molecule has 21 heavy (non-hydrogen) atoms. The van der Waals surface area contributed by atoms with E-state index in [1.54, 1.807) is 0 Å². The highest BCUT2D eigenvalue weighted by Gasteiger charge is 2.33. The van der Waals surface area contributed by atoms with Gasteiger partial charge in [0.05, 0.1) is 6.10 Å². The Kier molecular flexibility index (Phi) is 6.67. The van der Waals surface area contributed by atoms with Gasteiger partial charge in [0.15, 0.2) is 0 Å². The Morgan fingerprint density at radius 3 is 2.43 bits per heavy atom. The number of carbonyl (C=O) groups is 1. The number of rotatable bonds is 5. The van der Waals surface area contributed by atoms with Gasteiger partial charge in [0.2, 0.25) is 5.91 Å². The first-order chi connectivity index (χ1) is 9.63. The zero-order valence-corrected chi connectivity index (χ0v) is 14.6. The Morgan fingerprint density at radius 2 is 1.95 bits per heavy atom. The predicted octanol–water partition coefficient (Wildman–Crippen LogP) is 2.27. The first kappa shape index (κ1) is 18.4. The third kappa shape index (κ3) is 5.95. The standard InChI is InChI=1S/C17H34N2O2/c1-7-15(20)13-8-14(18-16(21)17(4,5)6)11-19(10-13)9-12(2)3/h12-15,20H,7-11H2,1-6H3,(H,18,21). The van der Waals surface area contributed by atoms with E-state index in [1.807, 2.05) is 27.7 Å². The van der Waals surface area contributed by atoms with E-state index in [4.69, 9.17) is 0 Å². The number of carbonyl (C=O) groups excluding carboxylic acids is 1. The van der Waals surface area contributed by atoms with Gasteiger partial charge in [-0.1, -0.05) is 41.5 Å². The van der Waals surface area contributed by atoms with Crippen LogP contribution in [0.15, 0.2) is 0 Å². The molecule has 0 bridgehead atoms. The van der Waals surface area contributed by atoms with E-state index in [0.29, 0.717) is 5.92 Å². The van der Waals surface area contributed by atoms with Gasteiger partial charge in [-0.15, -0.1) is 0 Å². The molecular weight excluding hydrogens is 264 g/mol. The molecule has 0 spiro atoms. The fourth-order valence-electron chi connectivity index (χ4n) is 3.02. The maximum Gasteiger partial charge on any atom is 0.225 e. The van der Waals surface area contributed by atoms with Crippen molar-refractivity contribution in [3.05, 3.63) is 0 Å². The number of piperidine rings is 1. The predicted molar refractivity (Wildman–Crippen MR) is 87.1 cm³/mol. The van der Waals surface area contributed by atoms with Gasteiger partial charge < -0.3 is 15.3 Å². The lowest BCUT2D eigenvalue weighted by Crippen LogP contribution is -2.55. The Bertz CT molecular complexity index is 336. The SMILES string of the molecule is CCC(O)C1CC(NC(=O)C(C)(C)C)CN(CC(C)C)C1. The lowest BCUT2D eigenvalue weighted by molar-refractivity contribution is -0.130. The average Bonchev–Trinajstić information content (AvgIpc) is 2.35. The molecule has 2 N–H and O–H groups in total. The molecule has 1 fully saturated rings. The molecular formula is C17H34N2O2. The smallest absolute Gasteiger partial charge is 0.225 e. The average molecular weight is 298 g/mol. The Hall–Kier alpha value is -0.610. The van der Waals surface area contributed by atoms with Crippen LogP contribution < -0.4 is 5.32 Å². The van der Waals surface area contributed by atoms with Crippen LogP contribution in [0.3, 0.4) is 0 Å². The molecule has 0 aromatic carbocycles. The molecule has 1 rings (SSSR count). The molecule has 1 aliphatic heterocycles. The summed E-state index contributed by atoms with van der Waals surface area (Å²) in [6.45, 7) is 15.1. The monoisotopic (exact) mass is 298 g/mol. The lowest BCUT2D eigenvalue weighted by atomic mass is 9.87. The number of hydrogen-bond donors (Lipinski definition) is 2. The molecule has 0 saturated carbocycles. The summed E-state index contributed by atoms with van der Waals surface area (Å²) in [6, 6.07) is 0.149. The second kappa shape index (κ2) is 7.59. The van der Waals surface area contributed by atoms with E-state index in [0.717, 1.165) is 32.5 Å². The van der Waals surface area contributed by atoms with Crippen molar-refractivity contribution in [2.75, 3.05) is 19.6 Å². The van der Waals surface area contributed by atoms with E-state index in [9.17, 15) is 9.90 Å². The summed E-state index contributed by atoms with van der Waals surface area (Å²) < 4.78 is 0. The van der Waals surface area contributed by atoms with E-state index in [2.05, 4.69) is 24.1 Å². The highest BCUT2D eigenvalue weighted by atomic mass is 16.3. The fraction of sp³-hybridized carbons (Fsp3) is 0.941. The van der Waals surface area contributed by atoms with E-state index in [1.165, 1.54) is 0 Å². The molecule has 0 aromatic heterocycles. The largest absolute Gasteiger partial charge is 0.393 e. The normalized spacial score (nSPS) is 25.9. The molecule has 3 unspecified atom stereocenters. The summed E-state index contributed by atoms with van der Waals surface area (Å²) in [5.41, 5.74) is -0.362. The van der Waals surface area contributed by atoms with Crippen LogP contribution in [-0.2, 0) is 4.79 Å². The van der Waals surface area contributed by atoms with E-state index in [-0.39, 0.29) is 29.4 Å². The van der Waals surface area contributed by atoms with Gasteiger partial charge in [0.1, 0.15) is 0 Å². The summed E-state index contributed by atoms with van der Waals surface area (Å²) in [4.78, 5) is 14.6. The zero-order valence-electron chi connectivity index (χ0n) is 14.6. The summed E-state index contributed by atoms with van der Waals surface area (Å²) >= 11 is 0. The van der Waals surface area contributed by atoms with Crippen molar-refractivity contribution >= 4 is 5.91 Å². The van der Waals surface area contributed by atoms with E-state index >= 15 is 0 Å². The number of amides is 1. The molecule has 124 valence electrons. The van der Waals surface area contributed by atoms with Crippen molar-refractivity contribution in [2.24, 2.45) is 17.3 Å². The topological polar surface area (TPSA) is 52.6 Å². The van der Waals surface area contributed by atoms with Crippen LogP contribution >= 0.6 is 0 Å². The van der Waals surface area contributed by atoms with Gasteiger partial charge in [0, 0.05) is 31.1 Å². The minimum Gasteiger partial charge on any atom is -0.393 e. The molecule has 1 saturated heterocycles. The van der Waals surface area contributed by atoms with Crippen LogP contribution in [0.4, 0.5) is 0 Å². The number of hydrogen-bond acceptors (Lipinski definition) is 3. The minimum atomic E-state index is -0.362. The Balaban J connectivity index is 2.71. The molecule has 4 heteroatoms. The highest BCUT2D eigenvalue weighted by molar-refractivity contribution is 5.81. The molecule has 0 aliphatic carbocycles. The maximum absolute atomic E-state index is 12.2. The van der Waals surface area contributed by atoms with Crippen molar-refractivity contribution in [1.82, 2.24) is 10.2 Å². The second-order valence-electron chi connectivity index (χ2n) is 8.00.